The molecule has 0 aliphatic rings. The lowest BCUT2D eigenvalue weighted by atomic mass is 11.2. The van der Waals surface area contributed by atoms with Crippen molar-refractivity contribution in [3.63, 3.8) is 0 Å². The first kappa shape index (κ1) is 16.6. The van der Waals surface area contributed by atoms with E-state index in [9.17, 15) is 0 Å². The van der Waals surface area contributed by atoms with Crippen LogP contribution in [0.4, 0.5) is 9.59 Å². The van der Waals surface area contributed by atoms with Crippen molar-refractivity contribution in [1.29, 1.82) is 0 Å². The summed E-state index contributed by atoms with van der Waals surface area (Å²) in [5.41, 5.74) is 17.0. The summed E-state index contributed by atoms with van der Waals surface area (Å²) in [6.07, 6.45) is 0. The Hall–Kier alpha value is -1.84. The van der Waals surface area contributed by atoms with Gasteiger partial charge in [0.2, 0.25) is 0 Å². The lowest BCUT2D eigenvalue weighted by Gasteiger charge is -1.62. The number of carbonyl (C=O) groups is 2. The number of urea groups is 2. The fourth-order valence-electron chi connectivity index (χ4n) is 0. The Morgan fingerprint density at radius 3 is 0.917 bits per heavy atom. The number of rotatable bonds is 0. The van der Waals surface area contributed by atoms with Gasteiger partial charge >= 0.3 is 21.2 Å². The topological polar surface area (TPSA) is 196 Å². The van der Waals surface area contributed by atoms with Gasteiger partial charge in [0, 0.05) is 0 Å². The summed E-state index contributed by atoms with van der Waals surface area (Å²) < 4.78 is 8.74. The van der Waals surface area contributed by atoms with Gasteiger partial charge in [-0.15, -0.1) is 0 Å². The van der Waals surface area contributed by atoms with E-state index in [-0.39, 0.29) is 0 Å². The molecule has 0 saturated carbocycles. The van der Waals surface area contributed by atoms with Crippen LogP contribution in [0.1, 0.15) is 0 Å². The molecule has 0 aliphatic carbocycles. The van der Waals surface area contributed by atoms with Crippen LogP contribution in [-0.2, 0) is 4.46 Å². The molecule has 0 aliphatic heterocycles. The van der Waals surface area contributed by atoms with E-state index in [4.69, 9.17) is 23.6 Å². The maximum absolute atomic E-state index is 9.00. The molecule has 10 heteroatoms. The summed E-state index contributed by atoms with van der Waals surface area (Å²) in [7, 11) is -3.13. The average Bonchev–Trinajstić information content (AvgIpc) is 1.54. The van der Waals surface area contributed by atoms with Gasteiger partial charge in [-0.1, -0.05) is 0 Å². The Morgan fingerprint density at radius 2 is 0.917 bits per heavy atom. The van der Waals surface area contributed by atoms with Crippen molar-refractivity contribution in [1.82, 2.24) is 0 Å². The highest BCUT2D eigenvalue weighted by Gasteiger charge is 1.85. The van der Waals surface area contributed by atoms with Gasteiger partial charge in [-0.05, 0) is 0 Å². The Balaban J connectivity index is -0.000000101. The first-order valence-electron chi connectivity index (χ1n) is 2.21. The number of nitrogens with two attached hydrogens (primary N) is 4. The third-order valence-electron chi connectivity index (χ3n) is 0. The van der Waals surface area contributed by atoms with Gasteiger partial charge in [0.1, 0.15) is 0 Å². The molecule has 72 valence electrons. The maximum atomic E-state index is 9.00. The molecule has 0 saturated heterocycles. The van der Waals surface area contributed by atoms with Crippen molar-refractivity contribution >= 4 is 21.2 Å². The van der Waals surface area contributed by atoms with Crippen LogP contribution in [0, 0.1) is 0 Å². The van der Waals surface area contributed by atoms with Crippen LogP contribution in [0.25, 0.3) is 0 Å². The monoisotopic (exact) mass is 198 g/mol. The molecule has 0 aromatic carbocycles. The van der Waals surface area contributed by atoms with E-state index in [1.165, 1.54) is 0 Å². The summed E-state index contributed by atoms with van der Waals surface area (Å²) in [6.45, 7) is 0. The van der Waals surface area contributed by atoms with E-state index < -0.39 is 21.2 Å². The van der Waals surface area contributed by atoms with E-state index >= 15 is 0 Å². The van der Waals surface area contributed by atoms with Gasteiger partial charge in [0.25, 0.3) is 0 Å². The average molecular weight is 198 g/mol. The van der Waals surface area contributed by atoms with Gasteiger partial charge in [-0.25, -0.2) is 9.59 Å². The summed E-state index contributed by atoms with van der Waals surface area (Å²) in [6, 6.07) is -1.67. The largest absolute Gasteiger partial charge is 0.761 e. The van der Waals surface area contributed by atoms with Crippen LogP contribution in [0.2, 0.25) is 0 Å². The number of hydrogen-bond donors (Lipinski definition) is 6. The molecular formula is C2H10N4O5Si. The van der Waals surface area contributed by atoms with Gasteiger partial charge in [0.15, 0.2) is 0 Å². The highest BCUT2D eigenvalue weighted by Crippen LogP contribution is 1.27. The first-order valence-corrected chi connectivity index (χ1v) is 3.52. The molecule has 12 heavy (non-hydrogen) atoms. The zero-order valence-corrected chi connectivity index (χ0v) is 6.93. The molecule has 0 unspecified atom stereocenters. The van der Waals surface area contributed by atoms with Crippen LogP contribution in [-0.4, -0.2) is 30.8 Å². The lowest BCUT2D eigenvalue weighted by molar-refractivity contribution is 0.255. The fourth-order valence-corrected chi connectivity index (χ4v) is 0. The molecule has 0 aromatic heterocycles. The Bertz CT molecular complexity index is 119. The van der Waals surface area contributed by atoms with Crippen molar-refractivity contribution in [2.45, 2.75) is 0 Å². The first-order chi connectivity index (χ1) is 5.20. The van der Waals surface area contributed by atoms with E-state index in [2.05, 4.69) is 22.9 Å². The third-order valence-corrected chi connectivity index (χ3v) is 0. The molecule has 9 nitrogen and oxygen atoms in total. The predicted octanol–water partition coefficient (Wildman–Crippen LogP) is -3.57. The number of carbonyl (C=O) groups excluding carboxylic acids is 2. The molecule has 4 amide bonds. The maximum Gasteiger partial charge on any atom is 0.761 e. The van der Waals surface area contributed by atoms with E-state index in [1.54, 1.807) is 0 Å². The number of hydrogen-bond acceptors (Lipinski definition) is 3. The molecule has 0 rings (SSSR count). The second-order valence-corrected chi connectivity index (χ2v) is 1.65. The van der Waals surface area contributed by atoms with Crippen molar-refractivity contribution in [3.8, 4) is 0 Å². The van der Waals surface area contributed by atoms with Crippen LogP contribution in [0.15, 0.2) is 0 Å². The molecule has 0 atom stereocenters. The zero-order chi connectivity index (χ0) is 10.7. The normalized spacial score (nSPS) is 6.00. The van der Waals surface area contributed by atoms with Crippen LogP contribution in [0.5, 0.6) is 0 Å². The number of primary amides is 4. The van der Waals surface area contributed by atoms with Crippen molar-refractivity contribution < 1.29 is 23.6 Å². The third kappa shape index (κ3) is 123. The van der Waals surface area contributed by atoms with Crippen molar-refractivity contribution in [3.05, 3.63) is 0 Å². The SMILES string of the molecule is NC(N)=O.NC(N)=O.O=[Si](O)O. The van der Waals surface area contributed by atoms with Crippen LogP contribution >= 0.6 is 0 Å². The van der Waals surface area contributed by atoms with Gasteiger partial charge < -0.3 is 32.5 Å². The minimum Gasteiger partial charge on any atom is -0.511 e. The van der Waals surface area contributed by atoms with Crippen molar-refractivity contribution in [2.24, 2.45) is 22.9 Å². The van der Waals surface area contributed by atoms with Crippen molar-refractivity contribution in [2.75, 3.05) is 0 Å². The zero-order valence-electron chi connectivity index (χ0n) is 5.93. The molecule has 0 aromatic rings. The highest BCUT2D eigenvalue weighted by atomic mass is 28.3. The molecule has 0 heterocycles. The number of amides is 4. The molecule has 0 fully saturated rings. The second-order valence-electron chi connectivity index (χ2n) is 1.09. The molecule has 10 N–H and O–H groups in total. The molecule has 0 bridgehead atoms. The Kier molecular flexibility index (Phi) is 16.5. The molecule has 0 radical (unpaired) electrons. The Morgan fingerprint density at radius 1 is 0.917 bits per heavy atom. The second kappa shape index (κ2) is 11.9. The molecule has 0 spiro atoms. The van der Waals surface area contributed by atoms with Gasteiger partial charge in [-0.3, -0.25) is 4.46 Å². The minimum absolute atomic E-state index is 0.833. The summed E-state index contributed by atoms with van der Waals surface area (Å²) in [5, 5.41) is 0. The van der Waals surface area contributed by atoms with Crippen LogP contribution < -0.4 is 22.9 Å². The highest BCUT2D eigenvalue weighted by molar-refractivity contribution is 6.22. The van der Waals surface area contributed by atoms with E-state index in [0.717, 1.165) is 0 Å². The van der Waals surface area contributed by atoms with Crippen LogP contribution in [0.3, 0.4) is 0 Å². The predicted molar refractivity (Wildman–Crippen MR) is 38.4 cm³/mol. The summed E-state index contributed by atoms with van der Waals surface area (Å²) in [4.78, 5) is 32.3. The summed E-state index contributed by atoms with van der Waals surface area (Å²) >= 11 is 0. The fraction of sp³-hybridized carbons (Fsp3) is 0. The summed E-state index contributed by atoms with van der Waals surface area (Å²) in [5.74, 6) is 0. The lowest BCUT2D eigenvalue weighted by Crippen LogP contribution is -2.18. The quantitative estimate of drug-likeness (QED) is 0.218. The van der Waals surface area contributed by atoms with E-state index in [0.29, 0.717) is 0 Å². The van der Waals surface area contributed by atoms with Gasteiger partial charge in [0.05, 0.1) is 0 Å². The Labute approximate surface area is 68.8 Å². The standard InChI is InChI=1S/2CH4N2O.H2O3Si/c2*2-1(3)4;1-4(2)3/h2*(H4,2,3,4);1-2H. The minimum atomic E-state index is -3.13. The molecular weight excluding hydrogens is 188 g/mol. The van der Waals surface area contributed by atoms with E-state index in [1.807, 2.05) is 0 Å². The van der Waals surface area contributed by atoms with Gasteiger partial charge in [-0.2, -0.15) is 0 Å². The smallest absolute Gasteiger partial charge is 0.511 e.